The van der Waals surface area contributed by atoms with Crippen LogP contribution in [0.2, 0.25) is 5.15 Å². The smallest absolute Gasteiger partial charge is 0.151 e. The number of aryl methyl sites for hydroxylation is 1. The lowest BCUT2D eigenvalue weighted by molar-refractivity contribution is 0.184. The van der Waals surface area contributed by atoms with Gasteiger partial charge in [-0.25, -0.2) is 4.98 Å². The molecule has 1 atom stereocenters. The van der Waals surface area contributed by atoms with Crippen LogP contribution in [0.25, 0.3) is 0 Å². The lowest BCUT2D eigenvalue weighted by Crippen LogP contribution is -2.18. The summed E-state index contributed by atoms with van der Waals surface area (Å²) in [5.74, 6) is 1.73. The van der Waals surface area contributed by atoms with Crippen molar-refractivity contribution in [3.05, 3.63) is 16.7 Å². The average molecular weight is 286 g/mol. The summed E-state index contributed by atoms with van der Waals surface area (Å²) in [5.41, 5.74) is 1.01. The van der Waals surface area contributed by atoms with Gasteiger partial charge in [0.15, 0.2) is 5.15 Å². The van der Waals surface area contributed by atoms with Crippen LogP contribution in [-0.4, -0.2) is 29.7 Å². The quantitative estimate of drug-likeness (QED) is 0.722. The van der Waals surface area contributed by atoms with Gasteiger partial charge in [-0.1, -0.05) is 24.9 Å². The number of rotatable bonds is 8. The first-order chi connectivity index (χ1) is 9.29. The number of aromatic nitrogens is 2. The predicted octanol–water partition coefficient (Wildman–Crippen LogP) is 2.92. The third-order valence-corrected chi connectivity index (χ3v) is 3.91. The number of nitrogens with zero attached hydrogens (tertiary/aromatic N) is 1. The van der Waals surface area contributed by atoms with Gasteiger partial charge in [-0.3, -0.25) is 0 Å². The zero-order valence-electron chi connectivity index (χ0n) is 11.7. The van der Waals surface area contributed by atoms with Crippen LogP contribution in [-0.2, 0) is 17.7 Å². The van der Waals surface area contributed by atoms with Crippen LogP contribution in [0.3, 0.4) is 0 Å². The summed E-state index contributed by atoms with van der Waals surface area (Å²) in [4.78, 5) is 7.67. The summed E-state index contributed by atoms with van der Waals surface area (Å²) >= 11 is 6.13. The predicted molar refractivity (Wildman–Crippen MR) is 77.5 cm³/mol. The molecule has 0 amide bonds. The van der Waals surface area contributed by atoms with Crippen molar-refractivity contribution in [3.63, 3.8) is 0 Å². The number of unbranched alkanes of at least 4 members (excludes halogenated alkanes) is 1. The second-order valence-corrected chi connectivity index (χ2v) is 5.61. The topological polar surface area (TPSA) is 49.9 Å². The Balaban J connectivity index is 1.68. The fourth-order valence-corrected chi connectivity index (χ4v) is 2.57. The molecule has 1 aliphatic rings. The van der Waals surface area contributed by atoms with Gasteiger partial charge in [0.2, 0.25) is 0 Å². The van der Waals surface area contributed by atoms with Crippen molar-refractivity contribution in [1.82, 2.24) is 15.3 Å². The molecule has 19 heavy (non-hydrogen) atoms. The number of halogens is 1. The second-order valence-electron chi connectivity index (χ2n) is 5.25. The van der Waals surface area contributed by atoms with E-state index >= 15 is 0 Å². The van der Waals surface area contributed by atoms with E-state index in [0.717, 1.165) is 56.6 Å². The van der Waals surface area contributed by atoms with E-state index in [9.17, 15) is 0 Å². The molecule has 0 aromatic carbocycles. The van der Waals surface area contributed by atoms with Crippen molar-refractivity contribution in [2.24, 2.45) is 5.92 Å². The SMILES string of the molecule is CCCCc1nc(Cl)c(CNCCC2CCOC2)[nH]1. The van der Waals surface area contributed by atoms with Gasteiger partial charge in [-0.2, -0.15) is 0 Å². The van der Waals surface area contributed by atoms with Gasteiger partial charge in [0.25, 0.3) is 0 Å². The summed E-state index contributed by atoms with van der Waals surface area (Å²) < 4.78 is 5.37. The van der Waals surface area contributed by atoms with Crippen molar-refractivity contribution in [2.45, 2.75) is 45.6 Å². The van der Waals surface area contributed by atoms with E-state index in [1.807, 2.05) is 0 Å². The molecule has 1 aromatic rings. The van der Waals surface area contributed by atoms with Crippen LogP contribution >= 0.6 is 11.6 Å². The van der Waals surface area contributed by atoms with E-state index in [0.29, 0.717) is 5.15 Å². The van der Waals surface area contributed by atoms with Crippen molar-refractivity contribution in [2.75, 3.05) is 19.8 Å². The molecular formula is C14H24ClN3O. The highest BCUT2D eigenvalue weighted by molar-refractivity contribution is 6.30. The molecular weight excluding hydrogens is 262 g/mol. The van der Waals surface area contributed by atoms with Crippen LogP contribution in [0.4, 0.5) is 0 Å². The summed E-state index contributed by atoms with van der Waals surface area (Å²) in [5, 5.41) is 4.04. The number of hydrogen-bond acceptors (Lipinski definition) is 3. The molecule has 0 spiro atoms. The van der Waals surface area contributed by atoms with Gasteiger partial charge in [0.05, 0.1) is 5.69 Å². The molecule has 2 N–H and O–H groups in total. The van der Waals surface area contributed by atoms with Crippen LogP contribution in [0.5, 0.6) is 0 Å². The van der Waals surface area contributed by atoms with E-state index in [1.54, 1.807) is 0 Å². The van der Waals surface area contributed by atoms with E-state index in [1.165, 1.54) is 19.3 Å². The van der Waals surface area contributed by atoms with E-state index in [4.69, 9.17) is 16.3 Å². The van der Waals surface area contributed by atoms with Crippen LogP contribution < -0.4 is 5.32 Å². The van der Waals surface area contributed by atoms with Crippen molar-refractivity contribution in [3.8, 4) is 0 Å². The second kappa shape index (κ2) is 7.88. The molecule has 1 saturated heterocycles. The Bertz CT molecular complexity index is 375. The Morgan fingerprint density at radius 3 is 3.16 bits per heavy atom. The Kier molecular flexibility index (Phi) is 6.14. The molecule has 0 radical (unpaired) electrons. The highest BCUT2D eigenvalue weighted by Crippen LogP contribution is 2.16. The first-order valence-corrected chi connectivity index (χ1v) is 7.69. The normalized spacial score (nSPS) is 19.2. The highest BCUT2D eigenvalue weighted by Gasteiger charge is 2.15. The fourth-order valence-electron chi connectivity index (χ4n) is 2.35. The van der Waals surface area contributed by atoms with Gasteiger partial charge in [-0.15, -0.1) is 0 Å². The molecule has 108 valence electrons. The zero-order valence-corrected chi connectivity index (χ0v) is 12.4. The van der Waals surface area contributed by atoms with E-state index < -0.39 is 0 Å². The van der Waals surface area contributed by atoms with Gasteiger partial charge >= 0.3 is 0 Å². The van der Waals surface area contributed by atoms with Crippen molar-refractivity contribution >= 4 is 11.6 Å². The lowest BCUT2D eigenvalue weighted by atomic mass is 10.1. The highest BCUT2D eigenvalue weighted by atomic mass is 35.5. The molecule has 2 rings (SSSR count). The minimum atomic E-state index is 0.614. The fraction of sp³-hybridized carbons (Fsp3) is 0.786. The maximum Gasteiger partial charge on any atom is 0.151 e. The Morgan fingerprint density at radius 1 is 1.53 bits per heavy atom. The third kappa shape index (κ3) is 4.79. The molecule has 0 aliphatic carbocycles. The zero-order chi connectivity index (χ0) is 13.5. The molecule has 1 unspecified atom stereocenters. The number of H-pyrrole nitrogens is 1. The summed E-state index contributed by atoms with van der Waals surface area (Å²) in [7, 11) is 0. The van der Waals surface area contributed by atoms with E-state index in [2.05, 4.69) is 22.2 Å². The average Bonchev–Trinajstić information content (AvgIpc) is 3.02. The number of ether oxygens (including phenoxy) is 1. The maximum atomic E-state index is 6.13. The number of imidazole rings is 1. The summed E-state index contributed by atoms with van der Waals surface area (Å²) in [6, 6.07) is 0. The number of aromatic amines is 1. The van der Waals surface area contributed by atoms with Crippen molar-refractivity contribution in [1.29, 1.82) is 0 Å². The molecule has 5 heteroatoms. The maximum absolute atomic E-state index is 6.13. The minimum absolute atomic E-state index is 0.614. The molecule has 1 fully saturated rings. The Morgan fingerprint density at radius 2 is 2.42 bits per heavy atom. The van der Waals surface area contributed by atoms with Gasteiger partial charge < -0.3 is 15.0 Å². The molecule has 0 saturated carbocycles. The Hall–Kier alpha value is -0.580. The minimum Gasteiger partial charge on any atom is -0.381 e. The van der Waals surface area contributed by atoms with Crippen LogP contribution in [0.1, 0.15) is 44.1 Å². The molecule has 1 aliphatic heterocycles. The van der Waals surface area contributed by atoms with Crippen molar-refractivity contribution < 1.29 is 4.74 Å². The number of hydrogen-bond donors (Lipinski definition) is 2. The van der Waals surface area contributed by atoms with Gasteiger partial charge in [0, 0.05) is 26.2 Å². The molecule has 4 nitrogen and oxygen atoms in total. The van der Waals surface area contributed by atoms with Crippen LogP contribution in [0.15, 0.2) is 0 Å². The summed E-state index contributed by atoms with van der Waals surface area (Å²) in [6.07, 6.45) is 5.69. The van der Waals surface area contributed by atoms with Crippen LogP contribution in [0, 0.1) is 5.92 Å². The number of nitrogens with one attached hydrogen (secondary N) is 2. The summed E-state index contributed by atoms with van der Waals surface area (Å²) in [6.45, 7) is 5.81. The van der Waals surface area contributed by atoms with Gasteiger partial charge in [0.1, 0.15) is 5.82 Å². The monoisotopic (exact) mass is 285 g/mol. The standard InChI is InChI=1S/C14H24ClN3O/c1-2-3-4-13-17-12(14(15)18-13)9-16-7-5-11-6-8-19-10-11/h11,16H,2-10H2,1H3,(H,17,18). The first-order valence-electron chi connectivity index (χ1n) is 7.31. The largest absolute Gasteiger partial charge is 0.381 e. The third-order valence-electron chi connectivity index (χ3n) is 3.60. The lowest BCUT2D eigenvalue weighted by Gasteiger charge is -2.07. The first kappa shape index (κ1) is 14.8. The van der Waals surface area contributed by atoms with E-state index in [-0.39, 0.29) is 0 Å². The molecule has 2 heterocycles. The Labute approximate surface area is 120 Å². The van der Waals surface area contributed by atoms with Gasteiger partial charge in [-0.05, 0) is 31.7 Å². The molecule has 1 aromatic heterocycles. The molecule has 0 bridgehead atoms.